The second-order valence-electron chi connectivity index (χ2n) is 6.06. The summed E-state index contributed by atoms with van der Waals surface area (Å²) in [6.45, 7) is 4.82. The van der Waals surface area contributed by atoms with Crippen LogP contribution in [-0.2, 0) is 6.42 Å². The van der Waals surface area contributed by atoms with Crippen molar-refractivity contribution in [1.29, 1.82) is 0 Å². The maximum atomic E-state index is 3.95. The van der Waals surface area contributed by atoms with Crippen molar-refractivity contribution in [2.75, 3.05) is 0 Å². The van der Waals surface area contributed by atoms with Gasteiger partial charge in [-0.25, -0.2) is 0 Å². The zero-order chi connectivity index (χ0) is 12.7. The Labute approximate surface area is 122 Å². The van der Waals surface area contributed by atoms with Crippen molar-refractivity contribution >= 4 is 27.3 Å². The minimum atomic E-state index is 0.606. The van der Waals surface area contributed by atoms with Gasteiger partial charge in [0.05, 0.1) is 3.79 Å². The van der Waals surface area contributed by atoms with Gasteiger partial charge in [0, 0.05) is 17.0 Å². The van der Waals surface area contributed by atoms with Crippen molar-refractivity contribution < 1.29 is 0 Å². The molecule has 0 aliphatic heterocycles. The normalized spacial score (nSPS) is 35.7. The Morgan fingerprint density at radius 3 is 2.83 bits per heavy atom. The topological polar surface area (TPSA) is 12.0 Å². The van der Waals surface area contributed by atoms with Crippen LogP contribution in [0.2, 0.25) is 0 Å². The predicted molar refractivity (Wildman–Crippen MR) is 82.2 cm³/mol. The van der Waals surface area contributed by atoms with E-state index >= 15 is 0 Å². The van der Waals surface area contributed by atoms with Gasteiger partial charge in [-0.3, -0.25) is 0 Å². The van der Waals surface area contributed by atoms with Crippen molar-refractivity contribution in [2.45, 2.75) is 58.0 Å². The van der Waals surface area contributed by atoms with Crippen LogP contribution in [0.15, 0.2) is 9.85 Å². The molecular weight excluding hydrogens is 306 g/mol. The molecule has 100 valence electrons. The minimum Gasteiger partial charge on any atom is -0.307 e. The molecule has 1 heterocycles. The van der Waals surface area contributed by atoms with Crippen molar-refractivity contribution in [3.05, 3.63) is 20.3 Å². The fraction of sp³-hybridized carbons (Fsp3) is 0.733. The lowest BCUT2D eigenvalue weighted by Crippen LogP contribution is -2.36. The Kier molecular flexibility index (Phi) is 3.84. The number of aryl methyl sites for hydroxylation is 1. The van der Waals surface area contributed by atoms with Crippen LogP contribution in [0.4, 0.5) is 0 Å². The first-order valence-electron chi connectivity index (χ1n) is 7.19. The molecule has 1 aromatic rings. The number of hydrogen-bond acceptors (Lipinski definition) is 2. The van der Waals surface area contributed by atoms with E-state index in [9.17, 15) is 0 Å². The highest BCUT2D eigenvalue weighted by atomic mass is 79.9. The summed E-state index contributed by atoms with van der Waals surface area (Å²) < 4.78 is 1.30. The summed E-state index contributed by atoms with van der Waals surface area (Å²) >= 11 is 5.57. The van der Waals surface area contributed by atoms with Gasteiger partial charge in [0.2, 0.25) is 0 Å². The van der Waals surface area contributed by atoms with Crippen molar-refractivity contribution in [3.63, 3.8) is 0 Å². The third-order valence-electron chi connectivity index (χ3n) is 4.96. The van der Waals surface area contributed by atoms with E-state index in [-0.39, 0.29) is 0 Å². The summed E-state index contributed by atoms with van der Waals surface area (Å²) in [5.41, 5.74) is 1.57. The van der Waals surface area contributed by atoms with Gasteiger partial charge < -0.3 is 5.32 Å². The first kappa shape index (κ1) is 13.1. The van der Waals surface area contributed by atoms with E-state index in [0.29, 0.717) is 6.04 Å². The third-order valence-corrected chi connectivity index (χ3v) is 6.68. The molecule has 0 bridgehead atoms. The summed E-state index contributed by atoms with van der Waals surface area (Å²) in [6, 6.07) is 3.68. The molecule has 1 aromatic heterocycles. The highest BCUT2D eigenvalue weighted by Gasteiger charge is 2.32. The van der Waals surface area contributed by atoms with Crippen LogP contribution in [-0.4, -0.2) is 6.04 Å². The van der Waals surface area contributed by atoms with E-state index in [1.807, 2.05) is 11.3 Å². The van der Waals surface area contributed by atoms with E-state index in [2.05, 4.69) is 41.2 Å². The molecule has 0 saturated heterocycles. The monoisotopic (exact) mass is 327 g/mol. The second kappa shape index (κ2) is 5.26. The zero-order valence-electron chi connectivity index (χ0n) is 11.2. The number of rotatable bonds is 2. The number of nitrogens with one attached hydrogen (secondary N) is 1. The molecule has 1 saturated carbocycles. The first-order chi connectivity index (χ1) is 8.65. The lowest BCUT2D eigenvalue weighted by molar-refractivity contribution is 0.323. The standard InChI is InChI=1S/C15H22BrNS/c1-9-6-7-12(10(9)2)17-13-4-3-5-14-11(13)8-15(16)18-14/h8-10,12-13,17H,3-7H2,1-2H3. The van der Waals surface area contributed by atoms with Gasteiger partial charge in [-0.1, -0.05) is 13.8 Å². The molecule has 4 unspecified atom stereocenters. The van der Waals surface area contributed by atoms with Crippen LogP contribution in [0.25, 0.3) is 0 Å². The van der Waals surface area contributed by atoms with Gasteiger partial charge in [0.15, 0.2) is 0 Å². The van der Waals surface area contributed by atoms with Crippen LogP contribution >= 0.6 is 27.3 Å². The average molecular weight is 328 g/mol. The Morgan fingerprint density at radius 2 is 2.11 bits per heavy atom. The molecule has 2 aliphatic rings. The van der Waals surface area contributed by atoms with E-state index in [1.54, 1.807) is 10.4 Å². The molecule has 1 N–H and O–H groups in total. The average Bonchev–Trinajstić information content (AvgIpc) is 2.86. The Bertz CT molecular complexity index is 428. The lowest BCUT2D eigenvalue weighted by Gasteiger charge is -2.29. The molecule has 0 spiro atoms. The Hall–Kier alpha value is 0.140. The SMILES string of the molecule is CC1CCC(NC2CCCc3sc(Br)cc32)C1C. The van der Waals surface area contributed by atoms with Crippen molar-refractivity contribution in [2.24, 2.45) is 11.8 Å². The maximum Gasteiger partial charge on any atom is 0.0704 e. The number of halogens is 1. The molecule has 0 aromatic carbocycles. The molecular formula is C15H22BrNS. The molecule has 0 amide bonds. The molecule has 0 radical (unpaired) electrons. The Morgan fingerprint density at radius 1 is 1.28 bits per heavy atom. The largest absolute Gasteiger partial charge is 0.307 e. The molecule has 1 nitrogen and oxygen atoms in total. The van der Waals surface area contributed by atoms with Gasteiger partial charge in [0.1, 0.15) is 0 Å². The van der Waals surface area contributed by atoms with Crippen molar-refractivity contribution in [3.8, 4) is 0 Å². The van der Waals surface area contributed by atoms with Crippen LogP contribution in [0.3, 0.4) is 0 Å². The van der Waals surface area contributed by atoms with Gasteiger partial charge >= 0.3 is 0 Å². The summed E-state index contributed by atoms with van der Waals surface area (Å²) in [5.74, 6) is 1.72. The number of hydrogen-bond donors (Lipinski definition) is 1. The fourth-order valence-corrected chi connectivity index (χ4v) is 5.37. The smallest absolute Gasteiger partial charge is 0.0704 e. The first-order valence-corrected chi connectivity index (χ1v) is 8.80. The third kappa shape index (κ3) is 2.41. The zero-order valence-corrected chi connectivity index (χ0v) is 13.6. The molecule has 4 atom stereocenters. The number of thiophene rings is 1. The van der Waals surface area contributed by atoms with Crippen LogP contribution in [0.1, 0.15) is 56.0 Å². The number of fused-ring (bicyclic) bond motifs is 1. The van der Waals surface area contributed by atoms with E-state index in [4.69, 9.17) is 0 Å². The second-order valence-corrected chi connectivity index (χ2v) is 8.58. The van der Waals surface area contributed by atoms with Gasteiger partial charge in [0.25, 0.3) is 0 Å². The quantitative estimate of drug-likeness (QED) is 0.813. The van der Waals surface area contributed by atoms with Crippen LogP contribution in [0.5, 0.6) is 0 Å². The van der Waals surface area contributed by atoms with E-state index in [1.165, 1.54) is 35.9 Å². The fourth-order valence-electron chi connectivity index (χ4n) is 3.55. The highest BCUT2D eigenvalue weighted by molar-refractivity contribution is 9.11. The van der Waals surface area contributed by atoms with Gasteiger partial charge in [-0.05, 0) is 71.5 Å². The highest BCUT2D eigenvalue weighted by Crippen LogP contribution is 2.40. The lowest BCUT2D eigenvalue weighted by atomic mass is 9.91. The van der Waals surface area contributed by atoms with Crippen LogP contribution in [0, 0.1) is 11.8 Å². The molecule has 1 fully saturated rings. The van der Waals surface area contributed by atoms with Crippen molar-refractivity contribution in [1.82, 2.24) is 5.32 Å². The van der Waals surface area contributed by atoms with Gasteiger partial charge in [-0.2, -0.15) is 0 Å². The molecule has 2 aliphatic carbocycles. The molecule has 3 heteroatoms. The summed E-state index contributed by atoms with van der Waals surface area (Å²) in [5, 5.41) is 3.95. The van der Waals surface area contributed by atoms with Gasteiger partial charge in [-0.15, -0.1) is 11.3 Å². The van der Waals surface area contributed by atoms with Crippen LogP contribution < -0.4 is 5.32 Å². The van der Waals surface area contributed by atoms with E-state index in [0.717, 1.165) is 17.9 Å². The molecule has 18 heavy (non-hydrogen) atoms. The maximum absolute atomic E-state index is 3.95. The predicted octanol–water partition coefficient (Wildman–Crippen LogP) is 4.91. The summed E-state index contributed by atoms with van der Waals surface area (Å²) in [4.78, 5) is 1.60. The minimum absolute atomic E-state index is 0.606. The summed E-state index contributed by atoms with van der Waals surface area (Å²) in [7, 11) is 0. The Balaban J connectivity index is 1.74. The van der Waals surface area contributed by atoms with E-state index < -0.39 is 0 Å². The molecule has 3 rings (SSSR count). The summed E-state index contributed by atoms with van der Waals surface area (Å²) in [6.07, 6.45) is 6.69.